The van der Waals surface area contributed by atoms with Gasteiger partial charge in [-0.2, -0.15) is 0 Å². The molecule has 0 N–H and O–H groups in total. The molecular weight excluding hydrogens is 394 g/mol. The van der Waals surface area contributed by atoms with Crippen molar-refractivity contribution in [3.63, 3.8) is 0 Å². The summed E-state index contributed by atoms with van der Waals surface area (Å²) in [7, 11) is 4.03. The number of fused-ring (bicyclic) bond motifs is 1. The summed E-state index contributed by atoms with van der Waals surface area (Å²) in [5.74, 6) is 0.788. The van der Waals surface area contributed by atoms with Crippen molar-refractivity contribution < 1.29 is 0 Å². The van der Waals surface area contributed by atoms with Gasteiger partial charge in [-0.25, -0.2) is 9.97 Å². The van der Waals surface area contributed by atoms with E-state index in [2.05, 4.69) is 76.3 Å². The summed E-state index contributed by atoms with van der Waals surface area (Å²) >= 11 is 0. The third kappa shape index (κ3) is 3.91. The standard InChI is InChI=1S/C27H33N5/c1-21-8-4-5-11-24(21)20-31-14-16-32(17-15-31)27(18-22-9-6-7-10-23(22)19-27)25-12-13-28-26(29-25)30(2)3/h4-13H,14-20H2,1-3H3. The molecule has 5 rings (SSSR count). The fourth-order valence-corrected chi connectivity index (χ4v) is 5.35. The van der Waals surface area contributed by atoms with Crippen molar-refractivity contribution in [1.29, 1.82) is 0 Å². The molecule has 3 aromatic rings. The topological polar surface area (TPSA) is 35.5 Å². The fraction of sp³-hybridized carbons (Fsp3) is 0.407. The highest BCUT2D eigenvalue weighted by Gasteiger charge is 2.45. The van der Waals surface area contributed by atoms with E-state index in [4.69, 9.17) is 4.98 Å². The number of nitrogens with zero attached hydrogens (tertiary/aromatic N) is 5. The maximum atomic E-state index is 5.04. The fourth-order valence-electron chi connectivity index (χ4n) is 5.35. The minimum absolute atomic E-state index is 0.0911. The van der Waals surface area contributed by atoms with Crippen LogP contribution in [0.2, 0.25) is 0 Å². The number of benzene rings is 2. The Labute approximate surface area is 191 Å². The van der Waals surface area contributed by atoms with Crippen LogP contribution in [-0.4, -0.2) is 60.0 Å². The number of hydrogen-bond acceptors (Lipinski definition) is 5. The van der Waals surface area contributed by atoms with Crippen LogP contribution >= 0.6 is 0 Å². The highest BCUT2D eigenvalue weighted by Crippen LogP contribution is 2.42. The van der Waals surface area contributed by atoms with Crippen molar-refractivity contribution in [2.75, 3.05) is 45.2 Å². The second-order valence-corrected chi connectivity index (χ2v) is 9.48. The van der Waals surface area contributed by atoms with Gasteiger partial charge in [0.25, 0.3) is 0 Å². The van der Waals surface area contributed by atoms with Crippen LogP contribution in [0.25, 0.3) is 0 Å². The van der Waals surface area contributed by atoms with Gasteiger partial charge < -0.3 is 4.90 Å². The molecular formula is C27H33N5. The molecule has 0 saturated carbocycles. The van der Waals surface area contributed by atoms with Crippen molar-refractivity contribution in [3.05, 3.63) is 88.7 Å². The number of aryl methyl sites for hydroxylation is 1. The summed E-state index contributed by atoms with van der Waals surface area (Å²) < 4.78 is 0. The third-order valence-corrected chi connectivity index (χ3v) is 7.24. The summed E-state index contributed by atoms with van der Waals surface area (Å²) in [4.78, 5) is 16.8. The summed E-state index contributed by atoms with van der Waals surface area (Å²) in [5, 5.41) is 0. The van der Waals surface area contributed by atoms with E-state index in [0.717, 1.165) is 57.2 Å². The van der Waals surface area contributed by atoms with E-state index in [1.807, 2.05) is 25.2 Å². The van der Waals surface area contributed by atoms with Gasteiger partial charge in [0, 0.05) is 53.0 Å². The third-order valence-electron chi connectivity index (χ3n) is 7.24. The summed E-state index contributed by atoms with van der Waals surface area (Å²) in [6.07, 6.45) is 3.96. The van der Waals surface area contributed by atoms with Crippen molar-refractivity contribution >= 4 is 5.95 Å². The summed E-state index contributed by atoms with van der Waals surface area (Å²) in [6, 6.07) is 19.8. The molecule has 166 valence electrons. The normalized spacial score (nSPS) is 18.5. The number of hydrogen-bond donors (Lipinski definition) is 0. The molecule has 1 fully saturated rings. The lowest BCUT2D eigenvalue weighted by Gasteiger charge is -2.46. The Hall–Kier alpha value is -2.76. The first-order valence-electron chi connectivity index (χ1n) is 11.6. The molecule has 0 atom stereocenters. The number of rotatable bonds is 5. The Kier molecular flexibility index (Phi) is 5.70. The molecule has 1 saturated heterocycles. The first kappa shape index (κ1) is 21.1. The van der Waals surface area contributed by atoms with Crippen molar-refractivity contribution in [2.24, 2.45) is 0 Å². The van der Waals surface area contributed by atoms with Crippen molar-refractivity contribution in [3.8, 4) is 0 Å². The number of anilines is 1. The molecule has 32 heavy (non-hydrogen) atoms. The number of aromatic nitrogens is 2. The van der Waals surface area contributed by atoms with Gasteiger partial charge in [0.05, 0.1) is 11.2 Å². The van der Waals surface area contributed by atoms with Crippen LogP contribution in [-0.2, 0) is 24.9 Å². The average molecular weight is 428 g/mol. The quantitative estimate of drug-likeness (QED) is 0.621. The molecule has 0 unspecified atom stereocenters. The number of piperazine rings is 1. The molecule has 2 aromatic carbocycles. The Morgan fingerprint density at radius 3 is 2.19 bits per heavy atom. The molecule has 5 heteroatoms. The zero-order valence-corrected chi connectivity index (χ0v) is 19.5. The highest BCUT2D eigenvalue weighted by molar-refractivity contribution is 5.41. The summed E-state index contributed by atoms with van der Waals surface area (Å²) in [5.41, 5.74) is 6.80. The SMILES string of the molecule is Cc1ccccc1CN1CCN(C2(c3ccnc(N(C)C)n3)Cc3ccccc3C2)CC1. The Morgan fingerprint density at radius 1 is 0.875 bits per heavy atom. The molecule has 2 heterocycles. The maximum absolute atomic E-state index is 5.04. The second-order valence-electron chi connectivity index (χ2n) is 9.48. The molecule has 0 amide bonds. The monoisotopic (exact) mass is 427 g/mol. The van der Waals surface area contributed by atoms with Crippen molar-refractivity contribution in [2.45, 2.75) is 31.8 Å². The lowest BCUT2D eigenvalue weighted by molar-refractivity contribution is 0.0290. The van der Waals surface area contributed by atoms with E-state index in [1.165, 1.54) is 22.3 Å². The predicted molar refractivity (Wildman–Crippen MR) is 130 cm³/mol. The van der Waals surface area contributed by atoms with Crippen molar-refractivity contribution in [1.82, 2.24) is 19.8 Å². The van der Waals surface area contributed by atoms with E-state index >= 15 is 0 Å². The molecule has 1 aliphatic carbocycles. The van der Waals surface area contributed by atoms with Crippen LogP contribution in [0.4, 0.5) is 5.95 Å². The van der Waals surface area contributed by atoms with Gasteiger partial charge in [-0.1, -0.05) is 48.5 Å². The molecule has 0 radical (unpaired) electrons. The van der Waals surface area contributed by atoms with Crippen LogP contribution in [0.3, 0.4) is 0 Å². The van der Waals surface area contributed by atoms with Gasteiger partial charge in [-0.3, -0.25) is 9.80 Å². The minimum atomic E-state index is -0.0911. The zero-order valence-electron chi connectivity index (χ0n) is 19.5. The molecule has 1 aliphatic heterocycles. The van der Waals surface area contributed by atoms with Gasteiger partial charge in [0.2, 0.25) is 5.95 Å². The van der Waals surface area contributed by atoms with Crippen LogP contribution in [0.15, 0.2) is 60.8 Å². The average Bonchev–Trinajstić information content (AvgIpc) is 3.22. The van der Waals surface area contributed by atoms with Gasteiger partial charge in [-0.15, -0.1) is 0 Å². The lowest BCUT2D eigenvalue weighted by atomic mass is 9.88. The van der Waals surface area contributed by atoms with E-state index in [-0.39, 0.29) is 5.54 Å². The van der Waals surface area contributed by atoms with Crippen LogP contribution in [0.1, 0.15) is 27.9 Å². The van der Waals surface area contributed by atoms with Gasteiger partial charge in [0.15, 0.2) is 0 Å². The van der Waals surface area contributed by atoms with Crippen LogP contribution < -0.4 is 4.90 Å². The lowest BCUT2D eigenvalue weighted by Crippen LogP contribution is -2.56. The van der Waals surface area contributed by atoms with Crippen LogP contribution in [0.5, 0.6) is 0 Å². The molecule has 2 aliphatic rings. The predicted octanol–water partition coefficient (Wildman–Crippen LogP) is 3.66. The molecule has 0 bridgehead atoms. The van der Waals surface area contributed by atoms with E-state index in [0.29, 0.717) is 0 Å². The van der Waals surface area contributed by atoms with Gasteiger partial charge >= 0.3 is 0 Å². The molecule has 0 spiro atoms. The van der Waals surface area contributed by atoms with E-state index < -0.39 is 0 Å². The molecule has 1 aromatic heterocycles. The van der Waals surface area contributed by atoms with E-state index in [1.54, 1.807) is 0 Å². The first-order valence-corrected chi connectivity index (χ1v) is 11.6. The summed E-state index contributed by atoms with van der Waals surface area (Å²) in [6.45, 7) is 7.53. The first-order chi connectivity index (χ1) is 15.5. The smallest absolute Gasteiger partial charge is 0.225 e. The Morgan fingerprint density at radius 2 is 1.53 bits per heavy atom. The van der Waals surface area contributed by atoms with Gasteiger partial charge in [0.1, 0.15) is 0 Å². The van der Waals surface area contributed by atoms with E-state index in [9.17, 15) is 0 Å². The van der Waals surface area contributed by atoms with Crippen LogP contribution in [0, 0.1) is 6.92 Å². The van der Waals surface area contributed by atoms with Gasteiger partial charge in [-0.05, 0) is 48.1 Å². The largest absolute Gasteiger partial charge is 0.347 e. The molecule has 5 nitrogen and oxygen atoms in total. The highest BCUT2D eigenvalue weighted by atomic mass is 15.3. The maximum Gasteiger partial charge on any atom is 0.225 e. The minimum Gasteiger partial charge on any atom is -0.347 e. The zero-order chi connectivity index (χ0) is 22.1. The Balaban J connectivity index is 1.40. The second kappa shape index (κ2) is 8.64. The Bertz CT molecular complexity index is 1060.